The highest BCUT2D eigenvalue weighted by atomic mass is 19.4. The maximum Gasteiger partial charge on any atom is 0.406 e. The first-order chi connectivity index (χ1) is 7.93. The zero-order valence-corrected chi connectivity index (χ0v) is 8.81. The standard InChI is InChI=1S/C10H10F3N3O/c11-10(12,13)7(5-14)6-15-3-4-16(9(15)17)8-1-2-8/h3-4,7-8H,1-2,6H2. The van der Waals surface area contributed by atoms with Crippen LogP contribution in [0.5, 0.6) is 0 Å². The van der Waals surface area contributed by atoms with Crippen LogP contribution in [0.3, 0.4) is 0 Å². The molecule has 17 heavy (non-hydrogen) atoms. The van der Waals surface area contributed by atoms with Crippen molar-refractivity contribution in [1.82, 2.24) is 9.13 Å². The molecule has 1 heterocycles. The lowest BCUT2D eigenvalue weighted by molar-refractivity contribution is -0.162. The number of hydrogen-bond donors (Lipinski definition) is 0. The fraction of sp³-hybridized carbons (Fsp3) is 0.600. The van der Waals surface area contributed by atoms with Crippen molar-refractivity contribution in [3.8, 4) is 6.07 Å². The number of halogens is 3. The molecule has 0 amide bonds. The van der Waals surface area contributed by atoms with Gasteiger partial charge in [-0.3, -0.25) is 9.13 Å². The summed E-state index contributed by atoms with van der Waals surface area (Å²) in [5.74, 6) is -2.14. The van der Waals surface area contributed by atoms with Gasteiger partial charge in [-0.1, -0.05) is 0 Å². The summed E-state index contributed by atoms with van der Waals surface area (Å²) < 4.78 is 39.5. The second-order valence-electron chi connectivity index (χ2n) is 4.09. The zero-order chi connectivity index (χ0) is 12.6. The van der Waals surface area contributed by atoms with E-state index in [0.29, 0.717) is 0 Å². The monoisotopic (exact) mass is 245 g/mol. The summed E-state index contributed by atoms with van der Waals surface area (Å²) in [6.45, 7) is -0.640. The van der Waals surface area contributed by atoms with Gasteiger partial charge in [-0.05, 0) is 12.8 Å². The van der Waals surface area contributed by atoms with E-state index in [2.05, 4.69) is 0 Å². The van der Waals surface area contributed by atoms with Crippen molar-refractivity contribution in [3.05, 3.63) is 22.9 Å². The predicted molar refractivity (Wildman–Crippen MR) is 52.1 cm³/mol. The number of aromatic nitrogens is 2. The fourth-order valence-electron chi connectivity index (χ4n) is 1.61. The van der Waals surface area contributed by atoms with Crippen molar-refractivity contribution in [3.63, 3.8) is 0 Å². The van der Waals surface area contributed by atoms with Crippen molar-refractivity contribution in [2.45, 2.75) is 31.6 Å². The van der Waals surface area contributed by atoms with Gasteiger partial charge in [0.1, 0.15) is 0 Å². The highest BCUT2D eigenvalue weighted by molar-refractivity contribution is 4.94. The zero-order valence-electron chi connectivity index (χ0n) is 8.81. The van der Waals surface area contributed by atoms with E-state index in [0.717, 1.165) is 17.4 Å². The Morgan fingerprint density at radius 1 is 1.47 bits per heavy atom. The maximum atomic E-state index is 12.4. The van der Waals surface area contributed by atoms with E-state index in [4.69, 9.17) is 5.26 Å². The van der Waals surface area contributed by atoms with Crippen LogP contribution >= 0.6 is 0 Å². The third-order valence-corrected chi connectivity index (χ3v) is 2.74. The van der Waals surface area contributed by atoms with Crippen LogP contribution in [0.25, 0.3) is 0 Å². The van der Waals surface area contributed by atoms with Gasteiger partial charge in [0.2, 0.25) is 0 Å². The predicted octanol–water partition coefficient (Wildman–Crippen LogP) is 1.69. The molecule has 1 saturated carbocycles. The Labute approximate surface area is 94.9 Å². The summed E-state index contributed by atoms with van der Waals surface area (Å²) in [5, 5.41) is 8.45. The van der Waals surface area contributed by atoms with E-state index in [-0.39, 0.29) is 6.04 Å². The fourth-order valence-corrected chi connectivity index (χ4v) is 1.61. The lowest BCUT2D eigenvalue weighted by atomic mass is 10.1. The quantitative estimate of drug-likeness (QED) is 0.813. The van der Waals surface area contributed by atoms with Crippen LogP contribution in [0.4, 0.5) is 13.2 Å². The van der Waals surface area contributed by atoms with E-state index in [1.54, 1.807) is 0 Å². The molecule has 1 atom stereocenters. The lowest BCUT2D eigenvalue weighted by Gasteiger charge is -2.12. The molecule has 0 saturated heterocycles. The first-order valence-electron chi connectivity index (χ1n) is 5.17. The topological polar surface area (TPSA) is 50.7 Å². The van der Waals surface area contributed by atoms with Crippen LogP contribution in [-0.4, -0.2) is 15.3 Å². The van der Waals surface area contributed by atoms with E-state index in [9.17, 15) is 18.0 Å². The molecule has 0 aromatic carbocycles. The third-order valence-electron chi connectivity index (χ3n) is 2.74. The van der Waals surface area contributed by atoms with Crippen molar-refractivity contribution >= 4 is 0 Å². The van der Waals surface area contributed by atoms with Crippen molar-refractivity contribution < 1.29 is 13.2 Å². The molecule has 1 fully saturated rings. The molecule has 1 aromatic rings. The van der Waals surface area contributed by atoms with E-state index in [1.165, 1.54) is 23.0 Å². The Morgan fingerprint density at radius 2 is 2.12 bits per heavy atom. The molecule has 0 aliphatic heterocycles. The Kier molecular flexibility index (Phi) is 2.73. The molecule has 1 aliphatic rings. The van der Waals surface area contributed by atoms with Crippen LogP contribution in [0.15, 0.2) is 17.2 Å². The number of nitrogens with zero attached hydrogens (tertiary/aromatic N) is 3. The molecular weight excluding hydrogens is 235 g/mol. The largest absolute Gasteiger partial charge is 0.406 e. The maximum absolute atomic E-state index is 12.4. The number of alkyl halides is 3. The molecule has 1 unspecified atom stereocenters. The first-order valence-corrected chi connectivity index (χ1v) is 5.17. The Bertz CT molecular complexity index is 504. The number of rotatable bonds is 3. The summed E-state index contributed by atoms with van der Waals surface area (Å²) in [6.07, 6.45) is -0.0623. The summed E-state index contributed by atoms with van der Waals surface area (Å²) >= 11 is 0. The van der Waals surface area contributed by atoms with Crippen LogP contribution in [0.2, 0.25) is 0 Å². The Morgan fingerprint density at radius 3 is 2.59 bits per heavy atom. The van der Waals surface area contributed by atoms with Gasteiger partial charge in [-0.2, -0.15) is 18.4 Å². The van der Waals surface area contributed by atoms with E-state index >= 15 is 0 Å². The summed E-state index contributed by atoms with van der Waals surface area (Å²) in [7, 11) is 0. The summed E-state index contributed by atoms with van der Waals surface area (Å²) in [5.41, 5.74) is -0.475. The van der Waals surface area contributed by atoms with Gasteiger partial charge in [-0.15, -0.1) is 0 Å². The highest BCUT2D eigenvalue weighted by Gasteiger charge is 2.40. The molecule has 2 rings (SSSR count). The SMILES string of the molecule is N#CC(Cn1ccn(C2CC2)c1=O)C(F)(F)F. The smallest absolute Gasteiger partial charge is 0.298 e. The van der Waals surface area contributed by atoms with Gasteiger partial charge in [0.15, 0.2) is 5.92 Å². The molecule has 7 heteroatoms. The van der Waals surface area contributed by atoms with Gasteiger partial charge in [0.25, 0.3) is 0 Å². The molecule has 1 aromatic heterocycles. The minimum Gasteiger partial charge on any atom is -0.298 e. The van der Waals surface area contributed by atoms with E-state index in [1.807, 2.05) is 0 Å². The molecule has 0 radical (unpaired) electrons. The summed E-state index contributed by atoms with van der Waals surface area (Å²) in [4.78, 5) is 11.7. The summed E-state index contributed by atoms with van der Waals surface area (Å²) in [6, 6.07) is 1.30. The van der Waals surface area contributed by atoms with Crippen LogP contribution in [0, 0.1) is 17.2 Å². The highest BCUT2D eigenvalue weighted by Crippen LogP contribution is 2.33. The second kappa shape index (κ2) is 3.95. The minimum atomic E-state index is -4.60. The average Bonchev–Trinajstić information content (AvgIpc) is 3.00. The second-order valence-corrected chi connectivity index (χ2v) is 4.09. The number of imidazole rings is 1. The van der Waals surface area contributed by atoms with Gasteiger partial charge in [0, 0.05) is 18.4 Å². The Balaban J connectivity index is 2.19. The molecule has 0 N–H and O–H groups in total. The van der Waals surface area contributed by atoms with Gasteiger partial charge < -0.3 is 0 Å². The number of nitriles is 1. The van der Waals surface area contributed by atoms with Crippen molar-refractivity contribution in [2.24, 2.45) is 5.92 Å². The van der Waals surface area contributed by atoms with Gasteiger partial charge in [-0.25, -0.2) is 4.79 Å². The molecule has 0 spiro atoms. The van der Waals surface area contributed by atoms with Crippen LogP contribution in [-0.2, 0) is 6.54 Å². The Hall–Kier alpha value is -1.71. The lowest BCUT2D eigenvalue weighted by Crippen LogP contribution is -2.31. The third kappa shape index (κ3) is 2.35. The van der Waals surface area contributed by atoms with Gasteiger partial charge in [0.05, 0.1) is 12.6 Å². The average molecular weight is 245 g/mol. The first kappa shape index (κ1) is 11.8. The molecule has 92 valence electrons. The van der Waals surface area contributed by atoms with Gasteiger partial charge >= 0.3 is 11.9 Å². The van der Waals surface area contributed by atoms with Crippen LogP contribution < -0.4 is 5.69 Å². The normalized spacial score (nSPS) is 17.8. The molecule has 4 nitrogen and oxygen atoms in total. The van der Waals surface area contributed by atoms with Crippen molar-refractivity contribution in [1.29, 1.82) is 5.26 Å². The molecule has 0 bridgehead atoms. The molecular formula is C10H10F3N3O. The van der Waals surface area contributed by atoms with Crippen molar-refractivity contribution in [2.75, 3.05) is 0 Å². The molecule has 1 aliphatic carbocycles. The number of hydrogen-bond acceptors (Lipinski definition) is 2. The van der Waals surface area contributed by atoms with Crippen LogP contribution in [0.1, 0.15) is 18.9 Å². The van der Waals surface area contributed by atoms with E-state index < -0.39 is 24.3 Å². The minimum absolute atomic E-state index is 0.121.